The molecule has 0 aliphatic heterocycles. The normalized spacial score (nSPS) is 12.9. The zero-order chi connectivity index (χ0) is 22.7. The van der Waals surface area contributed by atoms with Crippen molar-refractivity contribution in [3.05, 3.63) is 88.4 Å². The van der Waals surface area contributed by atoms with E-state index in [4.69, 9.17) is 9.15 Å². The third-order valence-electron chi connectivity index (χ3n) is 4.62. The molecule has 164 valence electrons. The van der Waals surface area contributed by atoms with Crippen LogP contribution >= 0.6 is 11.3 Å². The van der Waals surface area contributed by atoms with Gasteiger partial charge in [0, 0.05) is 10.9 Å². The Hall–Kier alpha value is -3.59. The number of furan rings is 1. The van der Waals surface area contributed by atoms with E-state index in [2.05, 4.69) is 10.1 Å². The highest BCUT2D eigenvalue weighted by Gasteiger charge is 2.33. The van der Waals surface area contributed by atoms with E-state index in [1.165, 1.54) is 40.5 Å². The van der Waals surface area contributed by atoms with Crippen LogP contribution in [0.2, 0.25) is 0 Å². The highest BCUT2D eigenvalue weighted by atomic mass is 32.1. The van der Waals surface area contributed by atoms with Gasteiger partial charge in [-0.15, -0.1) is 11.3 Å². The molecule has 0 bridgehead atoms. The molecule has 32 heavy (non-hydrogen) atoms. The van der Waals surface area contributed by atoms with Crippen molar-refractivity contribution in [2.45, 2.75) is 13.1 Å². The summed E-state index contributed by atoms with van der Waals surface area (Å²) in [5, 5.41) is 6.41. The van der Waals surface area contributed by atoms with Crippen LogP contribution in [0, 0.1) is 0 Å². The number of halogens is 3. The number of hydrogen-bond acceptors (Lipinski definition) is 5. The molecule has 0 atom stereocenters. The first-order valence-corrected chi connectivity index (χ1v) is 10.4. The number of benzene rings is 2. The fourth-order valence-corrected chi connectivity index (χ4v) is 3.87. The molecule has 0 unspecified atom stereocenters. The number of ether oxygens (including phenoxy) is 1. The third-order valence-corrected chi connectivity index (χ3v) is 5.44. The van der Waals surface area contributed by atoms with Crippen molar-refractivity contribution in [1.29, 1.82) is 0 Å². The smallest absolute Gasteiger partial charge is 0.418 e. The maximum atomic E-state index is 13.5. The van der Waals surface area contributed by atoms with E-state index in [0.29, 0.717) is 27.7 Å². The Morgan fingerprint density at radius 1 is 1.03 bits per heavy atom. The zero-order valence-corrected chi connectivity index (χ0v) is 17.9. The van der Waals surface area contributed by atoms with Crippen molar-refractivity contribution >= 4 is 22.7 Å². The number of methoxy groups -OCH3 is 1. The molecule has 0 amide bonds. The van der Waals surface area contributed by atoms with Crippen molar-refractivity contribution in [2.24, 2.45) is 10.1 Å². The maximum absolute atomic E-state index is 13.5. The van der Waals surface area contributed by atoms with Gasteiger partial charge in [-0.05, 0) is 55.5 Å². The van der Waals surface area contributed by atoms with Gasteiger partial charge in [0.1, 0.15) is 17.2 Å². The van der Waals surface area contributed by atoms with Crippen LogP contribution in [0.25, 0.3) is 11.3 Å². The number of nitrogens with zero attached hydrogens (tertiary/aromatic N) is 3. The Labute approximate surface area is 185 Å². The molecule has 0 saturated carbocycles. The van der Waals surface area contributed by atoms with Crippen molar-refractivity contribution in [1.82, 2.24) is 4.68 Å². The SMILES string of the molecule is COc1ccc(-c2csc(=Nc3ccccc3C(F)(F)F)n2/N=C(\C)c2ccco2)cc1. The van der Waals surface area contributed by atoms with E-state index in [0.717, 1.165) is 11.6 Å². The van der Waals surface area contributed by atoms with Crippen LogP contribution in [0.1, 0.15) is 18.2 Å². The van der Waals surface area contributed by atoms with E-state index in [1.54, 1.807) is 43.7 Å². The molecular formula is C23H18F3N3O2S. The van der Waals surface area contributed by atoms with Gasteiger partial charge in [0.25, 0.3) is 0 Å². The molecule has 0 fully saturated rings. The van der Waals surface area contributed by atoms with Gasteiger partial charge < -0.3 is 9.15 Å². The lowest BCUT2D eigenvalue weighted by molar-refractivity contribution is -0.137. The van der Waals surface area contributed by atoms with E-state index in [9.17, 15) is 13.2 Å². The summed E-state index contributed by atoms with van der Waals surface area (Å²) in [7, 11) is 1.58. The van der Waals surface area contributed by atoms with Crippen molar-refractivity contribution < 1.29 is 22.3 Å². The molecule has 4 rings (SSSR count). The average Bonchev–Trinajstić information content (AvgIpc) is 3.45. The number of rotatable bonds is 5. The summed E-state index contributed by atoms with van der Waals surface area (Å²) < 4.78 is 52.6. The van der Waals surface area contributed by atoms with Crippen LogP contribution in [0.4, 0.5) is 18.9 Å². The van der Waals surface area contributed by atoms with Gasteiger partial charge in [-0.1, -0.05) is 12.1 Å². The lowest BCUT2D eigenvalue weighted by Gasteiger charge is -2.09. The maximum Gasteiger partial charge on any atom is 0.418 e. The van der Waals surface area contributed by atoms with E-state index >= 15 is 0 Å². The Morgan fingerprint density at radius 2 is 1.78 bits per heavy atom. The zero-order valence-electron chi connectivity index (χ0n) is 17.1. The number of hydrogen-bond donors (Lipinski definition) is 0. The predicted molar refractivity (Wildman–Crippen MR) is 117 cm³/mol. The predicted octanol–water partition coefficient (Wildman–Crippen LogP) is 6.34. The number of para-hydroxylation sites is 1. The average molecular weight is 457 g/mol. The van der Waals surface area contributed by atoms with Crippen LogP contribution in [0.5, 0.6) is 5.75 Å². The number of alkyl halides is 3. The van der Waals surface area contributed by atoms with E-state index in [1.807, 2.05) is 12.1 Å². The largest absolute Gasteiger partial charge is 0.497 e. The highest BCUT2D eigenvalue weighted by molar-refractivity contribution is 7.07. The molecule has 2 aromatic heterocycles. The minimum absolute atomic E-state index is 0.178. The molecule has 2 aromatic carbocycles. The third kappa shape index (κ3) is 4.52. The van der Waals surface area contributed by atoms with Crippen LogP contribution in [0.3, 0.4) is 0 Å². The summed E-state index contributed by atoms with van der Waals surface area (Å²) >= 11 is 1.19. The second kappa shape index (κ2) is 8.88. The highest BCUT2D eigenvalue weighted by Crippen LogP contribution is 2.36. The molecule has 0 spiro atoms. The van der Waals surface area contributed by atoms with E-state index in [-0.39, 0.29) is 5.69 Å². The summed E-state index contributed by atoms with van der Waals surface area (Å²) in [5.41, 5.74) is 1.05. The first-order chi connectivity index (χ1) is 15.4. The molecule has 0 aliphatic rings. The number of thiazole rings is 1. The summed E-state index contributed by atoms with van der Waals surface area (Å²) in [6, 6.07) is 16.0. The molecule has 0 radical (unpaired) electrons. The quantitative estimate of drug-likeness (QED) is 0.328. The first kappa shape index (κ1) is 21.6. The molecule has 5 nitrogen and oxygen atoms in total. The molecule has 4 aromatic rings. The Kier molecular flexibility index (Phi) is 6.00. The molecular weight excluding hydrogens is 439 g/mol. The van der Waals surface area contributed by atoms with Crippen LogP contribution < -0.4 is 9.54 Å². The fourth-order valence-electron chi connectivity index (χ4n) is 3.03. The van der Waals surface area contributed by atoms with E-state index < -0.39 is 11.7 Å². The van der Waals surface area contributed by atoms with Crippen LogP contribution in [0.15, 0.2) is 86.8 Å². The topological polar surface area (TPSA) is 52.0 Å². The Bertz CT molecular complexity index is 1300. The fraction of sp³-hybridized carbons (Fsp3) is 0.130. The molecule has 0 saturated heterocycles. The number of aromatic nitrogens is 1. The van der Waals surface area contributed by atoms with Gasteiger partial charge in [0.15, 0.2) is 0 Å². The second-order valence-corrected chi connectivity index (χ2v) is 7.57. The van der Waals surface area contributed by atoms with Crippen LogP contribution in [-0.4, -0.2) is 17.5 Å². The van der Waals surface area contributed by atoms with Gasteiger partial charge in [0.05, 0.1) is 30.3 Å². The summed E-state index contributed by atoms with van der Waals surface area (Å²) in [6.07, 6.45) is -2.99. The van der Waals surface area contributed by atoms with Gasteiger partial charge >= 0.3 is 6.18 Å². The first-order valence-electron chi connectivity index (χ1n) is 9.52. The van der Waals surface area contributed by atoms with Crippen molar-refractivity contribution in [3.63, 3.8) is 0 Å². The minimum atomic E-state index is -4.52. The molecule has 0 aliphatic carbocycles. The van der Waals surface area contributed by atoms with Gasteiger partial charge in [-0.2, -0.15) is 18.3 Å². The van der Waals surface area contributed by atoms with Gasteiger partial charge in [-0.3, -0.25) is 0 Å². The summed E-state index contributed by atoms with van der Waals surface area (Å²) in [6.45, 7) is 1.76. The Balaban J connectivity index is 1.91. The lowest BCUT2D eigenvalue weighted by Crippen LogP contribution is -2.14. The molecule has 9 heteroatoms. The van der Waals surface area contributed by atoms with Crippen molar-refractivity contribution in [3.8, 4) is 17.0 Å². The lowest BCUT2D eigenvalue weighted by atomic mass is 10.1. The summed E-state index contributed by atoms with van der Waals surface area (Å²) in [4.78, 5) is 4.61. The monoisotopic (exact) mass is 457 g/mol. The molecule has 0 N–H and O–H groups in total. The van der Waals surface area contributed by atoms with Crippen LogP contribution in [-0.2, 0) is 6.18 Å². The molecule has 2 heterocycles. The van der Waals surface area contributed by atoms with Gasteiger partial charge in [0.2, 0.25) is 4.80 Å². The standard InChI is InChI=1S/C23H18F3N3O2S/c1-15(21-8-5-13-31-21)28-29-20(16-9-11-17(30-2)12-10-16)14-32-22(29)27-19-7-4-3-6-18(19)23(24,25)26/h3-14H,1-2H3/b27-22?,28-15+. The second-order valence-electron chi connectivity index (χ2n) is 6.73. The summed E-state index contributed by atoms with van der Waals surface area (Å²) in [5.74, 6) is 1.24. The van der Waals surface area contributed by atoms with Crippen molar-refractivity contribution in [2.75, 3.05) is 7.11 Å². The Morgan fingerprint density at radius 3 is 2.44 bits per heavy atom. The minimum Gasteiger partial charge on any atom is -0.497 e. The van der Waals surface area contributed by atoms with Gasteiger partial charge in [-0.25, -0.2) is 9.67 Å².